The maximum atomic E-state index is 13.3. The molecular weight excluding hydrogens is 410 g/mol. The predicted octanol–water partition coefficient (Wildman–Crippen LogP) is 3.62. The maximum absolute atomic E-state index is 13.3. The Balaban J connectivity index is 1.77. The van der Waals surface area contributed by atoms with Crippen molar-refractivity contribution in [2.24, 2.45) is 0 Å². The molecule has 3 heterocycles. The average molecular weight is 440 g/mol. The lowest BCUT2D eigenvalue weighted by atomic mass is 10.1. The topological polar surface area (TPSA) is 77.3 Å². The summed E-state index contributed by atoms with van der Waals surface area (Å²) < 4.78 is 22.3. The largest absolute Gasteiger partial charge is 0.496 e. The van der Waals surface area contributed by atoms with E-state index in [0.29, 0.717) is 36.7 Å². The van der Waals surface area contributed by atoms with Crippen LogP contribution in [0.4, 0.5) is 5.82 Å². The molecule has 1 atom stereocenters. The van der Waals surface area contributed by atoms with Gasteiger partial charge in [-0.2, -0.15) is 0 Å². The number of ether oxygens (including phenoxy) is 3. The maximum Gasteiger partial charge on any atom is 0.252 e. The summed E-state index contributed by atoms with van der Waals surface area (Å²) in [5.41, 5.74) is 1.61. The van der Waals surface area contributed by atoms with Crippen molar-refractivity contribution in [3.8, 4) is 11.5 Å². The van der Waals surface area contributed by atoms with Crippen LogP contribution in [0.2, 0.25) is 0 Å². The molecule has 1 aromatic carbocycles. The lowest BCUT2D eigenvalue weighted by Gasteiger charge is -2.27. The van der Waals surface area contributed by atoms with Gasteiger partial charge in [0.2, 0.25) is 0 Å². The van der Waals surface area contributed by atoms with Crippen molar-refractivity contribution >= 4 is 22.6 Å². The summed E-state index contributed by atoms with van der Waals surface area (Å²) in [6.45, 7) is 1.32. The molecule has 2 aromatic heterocycles. The Labute approximate surface area is 187 Å². The Bertz CT molecular complexity index is 1070. The predicted molar refractivity (Wildman–Crippen MR) is 121 cm³/mol. The van der Waals surface area contributed by atoms with Gasteiger partial charge < -0.3 is 28.4 Å². The molecule has 0 unspecified atom stereocenters. The number of aromatic nitrogens is 1. The van der Waals surface area contributed by atoms with Crippen LogP contribution in [0.25, 0.3) is 10.9 Å². The number of furan rings is 1. The van der Waals surface area contributed by atoms with Gasteiger partial charge in [-0.25, -0.2) is 4.98 Å². The van der Waals surface area contributed by atoms with E-state index in [1.165, 1.54) is 0 Å². The fourth-order valence-corrected chi connectivity index (χ4v) is 4.07. The van der Waals surface area contributed by atoms with E-state index in [2.05, 4.69) is 0 Å². The number of fused-ring (bicyclic) bond motifs is 1. The van der Waals surface area contributed by atoms with Crippen LogP contribution >= 0.6 is 0 Å². The van der Waals surface area contributed by atoms with E-state index in [9.17, 15) is 4.79 Å². The van der Waals surface area contributed by atoms with E-state index < -0.39 is 6.10 Å². The molecule has 0 spiro atoms. The summed E-state index contributed by atoms with van der Waals surface area (Å²) >= 11 is 0. The minimum atomic E-state index is -0.421. The summed E-state index contributed by atoms with van der Waals surface area (Å²) in [5, 5.41) is 0.829. The Morgan fingerprint density at radius 1 is 1.16 bits per heavy atom. The first kappa shape index (κ1) is 22.0. The van der Waals surface area contributed by atoms with E-state index >= 15 is 0 Å². The highest BCUT2D eigenvalue weighted by atomic mass is 16.5. The number of benzene rings is 1. The molecule has 8 heteroatoms. The molecule has 1 aliphatic rings. The fourth-order valence-electron chi connectivity index (χ4n) is 4.07. The molecule has 1 saturated heterocycles. The summed E-state index contributed by atoms with van der Waals surface area (Å²) in [5.74, 6) is 2.80. The first-order valence-electron chi connectivity index (χ1n) is 10.7. The van der Waals surface area contributed by atoms with Gasteiger partial charge in [0.05, 0.1) is 27.0 Å². The molecular formula is C24H29N3O5. The van der Waals surface area contributed by atoms with Crippen molar-refractivity contribution in [2.45, 2.75) is 32.0 Å². The number of hydrogen-bond acceptors (Lipinski definition) is 7. The van der Waals surface area contributed by atoms with Crippen LogP contribution in [0.1, 0.15) is 24.2 Å². The highest BCUT2D eigenvalue weighted by Crippen LogP contribution is 2.35. The Hall–Kier alpha value is -3.26. The molecule has 32 heavy (non-hydrogen) atoms. The fraction of sp³-hybridized carbons (Fsp3) is 0.417. The third-order valence-electron chi connectivity index (χ3n) is 5.63. The van der Waals surface area contributed by atoms with Gasteiger partial charge in [-0.1, -0.05) is 0 Å². The number of carbonyl (C=O) groups excluding carboxylic acids is 1. The third-order valence-corrected chi connectivity index (χ3v) is 5.63. The van der Waals surface area contributed by atoms with Crippen molar-refractivity contribution in [1.82, 2.24) is 9.88 Å². The molecule has 1 aliphatic heterocycles. The number of amides is 1. The second-order valence-corrected chi connectivity index (χ2v) is 8.01. The van der Waals surface area contributed by atoms with Crippen LogP contribution in [0.3, 0.4) is 0 Å². The zero-order valence-electron chi connectivity index (χ0n) is 19.0. The van der Waals surface area contributed by atoms with Crippen LogP contribution in [0.15, 0.2) is 41.0 Å². The Morgan fingerprint density at radius 2 is 1.94 bits per heavy atom. The van der Waals surface area contributed by atoms with Gasteiger partial charge in [0.15, 0.2) is 0 Å². The van der Waals surface area contributed by atoms with Gasteiger partial charge in [-0.15, -0.1) is 0 Å². The van der Waals surface area contributed by atoms with Crippen molar-refractivity contribution < 1.29 is 23.4 Å². The highest BCUT2D eigenvalue weighted by Gasteiger charge is 2.30. The molecule has 0 radical (unpaired) electrons. The van der Waals surface area contributed by atoms with E-state index in [1.54, 1.807) is 25.4 Å². The Morgan fingerprint density at radius 3 is 2.56 bits per heavy atom. The molecule has 0 bridgehead atoms. The summed E-state index contributed by atoms with van der Waals surface area (Å²) in [6.07, 6.45) is 2.82. The molecule has 1 amide bonds. The normalized spacial score (nSPS) is 15.7. The zero-order chi connectivity index (χ0) is 22.7. The standard InChI is InChI=1S/C24H29N3O5/c1-26(2)23-16(13-18-19(29-3)9-10-20(30-4)22(18)25-23)14-27(15-17-7-5-11-31-17)24(28)21-8-6-12-32-21/h5,7,9-11,13,21H,6,8,12,14-15H2,1-4H3/t21-/m0/s1. The number of nitrogens with zero attached hydrogens (tertiary/aromatic N) is 3. The van der Waals surface area contributed by atoms with E-state index in [4.69, 9.17) is 23.6 Å². The van der Waals surface area contributed by atoms with Crippen molar-refractivity contribution in [2.75, 3.05) is 39.8 Å². The van der Waals surface area contributed by atoms with Crippen LogP contribution in [-0.2, 0) is 22.6 Å². The first-order chi connectivity index (χ1) is 15.5. The average Bonchev–Trinajstić information content (AvgIpc) is 3.51. The van der Waals surface area contributed by atoms with Gasteiger partial charge in [-0.3, -0.25) is 4.79 Å². The summed E-state index contributed by atoms with van der Waals surface area (Å²) in [6, 6.07) is 9.42. The number of carbonyl (C=O) groups is 1. The summed E-state index contributed by atoms with van der Waals surface area (Å²) in [4.78, 5) is 21.9. The minimum absolute atomic E-state index is 0.0405. The monoisotopic (exact) mass is 439 g/mol. The van der Waals surface area contributed by atoms with Crippen molar-refractivity contribution in [3.05, 3.63) is 47.9 Å². The third kappa shape index (κ3) is 4.36. The van der Waals surface area contributed by atoms with E-state index in [1.807, 2.05) is 49.3 Å². The quantitative estimate of drug-likeness (QED) is 0.531. The SMILES string of the molecule is COc1ccc(OC)c2nc(N(C)C)c(CN(Cc3ccco3)C(=O)[C@@H]3CCCO3)cc12. The second kappa shape index (κ2) is 9.48. The highest BCUT2D eigenvalue weighted by molar-refractivity contribution is 5.92. The minimum Gasteiger partial charge on any atom is -0.496 e. The van der Waals surface area contributed by atoms with Crippen molar-refractivity contribution in [1.29, 1.82) is 0 Å². The number of anilines is 1. The zero-order valence-corrected chi connectivity index (χ0v) is 19.0. The molecule has 4 rings (SSSR count). The lowest BCUT2D eigenvalue weighted by Crippen LogP contribution is -2.38. The van der Waals surface area contributed by atoms with E-state index in [-0.39, 0.29) is 5.91 Å². The molecule has 0 aliphatic carbocycles. The van der Waals surface area contributed by atoms with E-state index in [0.717, 1.165) is 35.4 Å². The van der Waals surface area contributed by atoms with Crippen LogP contribution in [0.5, 0.6) is 11.5 Å². The van der Waals surface area contributed by atoms with Crippen LogP contribution in [-0.4, -0.2) is 56.8 Å². The first-order valence-corrected chi connectivity index (χ1v) is 10.7. The number of hydrogen-bond donors (Lipinski definition) is 0. The molecule has 3 aromatic rings. The number of pyridine rings is 1. The van der Waals surface area contributed by atoms with Gasteiger partial charge in [0.25, 0.3) is 5.91 Å². The smallest absolute Gasteiger partial charge is 0.252 e. The second-order valence-electron chi connectivity index (χ2n) is 8.01. The lowest BCUT2D eigenvalue weighted by molar-refractivity contribution is -0.142. The van der Waals surface area contributed by atoms with Gasteiger partial charge in [-0.05, 0) is 43.2 Å². The Kier molecular flexibility index (Phi) is 6.50. The number of methoxy groups -OCH3 is 2. The summed E-state index contributed by atoms with van der Waals surface area (Å²) in [7, 11) is 7.12. The van der Waals surface area contributed by atoms with Crippen LogP contribution in [0, 0.1) is 0 Å². The molecule has 8 nitrogen and oxygen atoms in total. The molecule has 170 valence electrons. The van der Waals surface area contributed by atoms with Gasteiger partial charge >= 0.3 is 0 Å². The molecule has 1 fully saturated rings. The molecule has 0 N–H and O–H groups in total. The van der Waals surface area contributed by atoms with Gasteiger partial charge in [0, 0.05) is 38.2 Å². The molecule has 0 saturated carbocycles. The van der Waals surface area contributed by atoms with Crippen molar-refractivity contribution in [3.63, 3.8) is 0 Å². The van der Waals surface area contributed by atoms with Crippen LogP contribution < -0.4 is 14.4 Å². The van der Waals surface area contributed by atoms with Gasteiger partial charge in [0.1, 0.15) is 34.7 Å². The number of rotatable bonds is 8.